The van der Waals surface area contributed by atoms with E-state index in [0.29, 0.717) is 12.0 Å². The molecule has 4 heteroatoms. The zero-order valence-corrected chi connectivity index (χ0v) is 10.1. The number of amides is 1. The first-order valence-electron chi connectivity index (χ1n) is 5.58. The number of hydrogen-bond acceptors (Lipinski definition) is 3. The predicted octanol–water partition coefficient (Wildman–Crippen LogP) is 0.478. The molecule has 0 aliphatic carbocycles. The molecular formula is C11H22N2O2. The maximum atomic E-state index is 11.6. The summed E-state index contributed by atoms with van der Waals surface area (Å²) in [6.45, 7) is 5.71. The molecule has 1 N–H and O–H groups in total. The van der Waals surface area contributed by atoms with Gasteiger partial charge in [-0.15, -0.1) is 0 Å². The van der Waals surface area contributed by atoms with Gasteiger partial charge in [-0.3, -0.25) is 4.79 Å². The van der Waals surface area contributed by atoms with Gasteiger partial charge in [-0.25, -0.2) is 0 Å². The quantitative estimate of drug-likeness (QED) is 0.740. The van der Waals surface area contributed by atoms with E-state index >= 15 is 0 Å². The van der Waals surface area contributed by atoms with Crippen LogP contribution in [-0.2, 0) is 9.53 Å². The van der Waals surface area contributed by atoms with Crippen LogP contribution in [-0.4, -0.2) is 50.2 Å². The van der Waals surface area contributed by atoms with Crippen molar-refractivity contribution in [1.29, 1.82) is 0 Å². The zero-order chi connectivity index (χ0) is 11.4. The molecule has 0 aromatic carbocycles. The first kappa shape index (κ1) is 12.5. The van der Waals surface area contributed by atoms with Crippen LogP contribution >= 0.6 is 0 Å². The monoisotopic (exact) mass is 214 g/mol. The number of rotatable bonds is 4. The number of nitrogens with zero attached hydrogens (tertiary/aromatic N) is 1. The smallest absolute Gasteiger partial charge is 0.238 e. The molecule has 0 aromatic heterocycles. The molecule has 0 saturated carbocycles. The molecule has 1 amide bonds. The van der Waals surface area contributed by atoms with Crippen LogP contribution in [0, 0.1) is 5.92 Å². The van der Waals surface area contributed by atoms with Gasteiger partial charge in [0.2, 0.25) is 5.91 Å². The van der Waals surface area contributed by atoms with Crippen molar-refractivity contribution < 1.29 is 9.53 Å². The van der Waals surface area contributed by atoms with E-state index in [1.165, 1.54) is 0 Å². The van der Waals surface area contributed by atoms with Gasteiger partial charge in [0.25, 0.3) is 0 Å². The van der Waals surface area contributed by atoms with E-state index in [0.717, 1.165) is 19.6 Å². The van der Waals surface area contributed by atoms with Crippen molar-refractivity contribution in [2.45, 2.75) is 32.4 Å². The van der Waals surface area contributed by atoms with E-state index < -0.39 is 0 Å². The third kappa shape index (κ3) is 3.47. The normalized spacial score (nSPS) is 27.7. The molecule has 0 bridgehead atoms. The molecule has 0 aromatic rings. The van der Waals surface area contributed by atoms with E-state index in [1.54, 1.807) is 19.0 Å². The molecule has 1 aliphatic rings. The number of hydrogen-bond donors (Lipinski definition) is 1. The van der Waals surface area contributed by atoms with Gasteiger partial charge in [-0.1, -0.05) is 0 Å². The Balaban J connectivity index is 2.27. The van der Waals surface area contributed by atoms with Crippen LogP contribution in [0.2, 0.25) is 0 Å². The second kappa shape index (κ2) is 5.47. The fourth-order valence-corrected chi connectivity index (χ4v) is 1.85. The van der Waals surface area contributed by atoms with Crippen molar-refractivity contribution in [3.8, 4) is 0 Å². The maximum absolute atomic E-state index is 11.6. The Kier molecular flexibility index (Phi) is 4.54. The van der Waals surface area contributed by atoms with Gasteiger partial charge in [0.1, 0.15) is 0 Å². The van der Waals surface area contributed by atoms with Gasteiger partial charge in [-0.2, -0.15) is 0 Å². The van der Waals surface area contributed by atoms with Crippen molar-refractivity contribution in [2.75, 3.05) is 27.2 Å². The Bertz CT molecular complexity index is 219. The van der Waals surface area contributed by atoms with Gasteiger partial charge < -0.3 is 15.0 Å². The third-order valence-corrected chi connectivity index (χ3v) is 3.03. The second-order valence-corrected chi connectivity index (χ2v) is 4.49. The van der Waals surface area contributed by atoms with E-state index in [2.05, 4.69) is 12.2 Å². The second-order valence-electron chi connectivity index (χ2n) is 4.49. The summed E-state index contributed by atoms with van der Waals surface area (Å²) in [4.78, 5) is 13.2. The number of nitrogens with one attached hydrogen (secondary N) is 1. The standard InChI is InChI=1S/C11H22N2O2/c1-8(11(14)13(3)4)12-7-10-5-6-15-9(10)2/h8-10,12H,5-7H2,1-4H3. The maximum Gasteiger partial charge on any atom is 0.238 e. The molecule has 0 spiro atoms. The average molecular weight is 214 g/mol. The first-order chi connectivity index (χ1) is 7.02. The lowest BCUT2D eigenvalue weighted by atomic mass is 10.0. The van der Waals surface area contributed by atoms with E-state index in [4.69, 9.17) is 4.74 Å². The minimum absolute atomic E-state index is 0.104. The molecule has 15 heavy (non-hydrogen) atoms. The zero-order valence-electron chi connectivity index (χ0n) is 10.1. The number of likely N-dealkylation sites (N-methyl/N-ethyl adjacent to an activating group) is 1. The summed E-state index contributed by atoms with van der Waals surface area (Å²) in [5.41, 5.74) is 0. The molecule has 1 rings (SSSR count). The molecule has 3 unspecified atom stereocenters. The lowest BCUT2D eigenvalue weighted by molar-refractivity contribution is -0.130. The van der Waals surface area contributed by atoms with Crippen molar-refractivity contribution in [2.24, 2.45) is 5.92 Å². The molecule has 1 heterocycles. The summed E-state index contributed by atoms with van der Waals surface area (Å²) in [7, 11) is 3.56. The minimum Gasteiger partial charge on any atom is -0.378 e. The number of carbonyl (C=O) groups excluding carboxylic acids is 1. The molecule has 1 saturated heterocycles. The average Bonchev–Trinajstić information content (AvgIpc) is 2.59. The Hall–Kier alpha value is -0.610. The van der Waals surface area contributed by atoms with Crippen molar-refractivity contribution >= 4 is 5.91 Å². The molecule has 88 valence electrons. The summed E-state index contributed by atoms with van der Waals surface area (Å²) in [6, 6.07) is -0.104. The van der Waals surface area contributed by atoms with Crippen molar-refractivity contribution in [3.05, 3.63) is 0 Å². The van der Waals surface area contributed by atoms with Gasteiger partial charge in [0, 0.05) is 27.2 Å². The molecule has 3 atom stereocenters. The lowest BCUT2D eigenvalue weighted by Gasteiger charge is -2.21. The molecular weight excluding hydrogens is 192 g/mol. The van der Waals surface area contributed by atoms with Crippen LogP contribution < -0.4 is 5.32 Å². The topological polar surface area (TPSA) is 41.6 Å². The summed E-state index contributed by atoms with van der Waals surface area (Å²) >= 11 is 0. The largest absolute Gasteiger partial charge is 0.378 e. The third-order valence-electron chi connectivity index (χ3n) is 3.03. The SMILES string of the molecule is CC(NCC1CCOC1C)C(=O)N(C)C. The van der Waals surface area contributed by atoms with Crippen LogP contribution in [0.5, 0.6) is 0 Å². The van der Waals surface area contributed by atoms with Crippen LogP contribution in [0.1, 0.15) is 20.3 Å². The number of carbonyl (C=O) groups is 1. The highest BCUT2D eigenvalue weighted by Crippen LogP contribution is 2.19. The van der Waals surface area contributed by atoms with Gasteiger partial charge in [-0.05, 0) is 26.2 Å². The Morgan fingerprint density at radius 1 is 1.60 bits per heavy atom. The van der Waals surface area contributed by atoms with Gasteiger partial charge >= 0.3 is 0 Å². The van der Waals surface area contributed by atoms with Crippen LogP contribution in [0.15, 0.2) is 0 Å². The summed E-state index contributed by atoms with van der Waals surface area (Å²) in [6.07, 6.45) is 1.41. The van der Waals surface area contributed by atoms with Crippen LogP contribution in [0.3, 0.4) is 0 Å². The molecule has 1 fully saturated rings. The summed E-state index contributed by atoms with van der Waals surface area (Å²) in [5, 5.41) is 3.26. The van der Waals surface area contributed by atoms with Crippen LogP contribution in [0.25, 0.3) is 0 Å². The van der Waals surface area contributed by atoms with Crippen molar-refractivity contribution in [3.63, 3.8) is 0 Å². The highest BCUT2D eigenvalue weighted by molar-refractivity contribution is 5.80. The summed E-state index contributed by atoms with van der Waals surface area (Å²) in [5.74, 6) is 0.670. The number of ether oxygens (including phenoxy) is 1. The Labute approximate surface area is 92.0 Å². The van der Waals surface area contributed by atoms with E-state index in [-0.39, 0.29) is 11.9 Å². The summed E-state index contributed by atoms with van der Waals surface area (Å²) < 4.78 is 5.47. The predicted molar refractivity (Wildman–Crippen MR) is 59.7 cm³/mol. The van der Waals surface area contributed by atoms with E-state index in [9.17, 15) is 4.79 Å². The molecule has 1 aliphatic heterocycles. The first-order valence-corrected chi connectivity index (χ1v) is 5.58. The minimum atomic E-state index is -0.104. The van der Waals surface area contributed by atoms with Crippen LogP contribution in [0.4, 0.5) is 0 Å². The lowest BCUT2D eigenvalue weighted by Crippen LogP contribution is -2.43. The van der Waals surface area contributed by atoms with Gasteiger partial charge in [0.05, 0.1) is 12.1 Å². The highest BCUT2D eigenvalue weighted by Gasteiger charge is 2.25. The molecule has 0 radical (unpaired) electrons. The Morgan fingerprint density at radius 3 is 2.73 bits per heavy atom. The fraction of sp³-hybridized carbons (Fsp3) is 0.909. The fourth-order valence-electron chi connectivity index (χ4n) is 1.85. The Morgan fingerprint density at radius 2 is 2.27 bits per heavy atom. The van der Waals surface area contributed by atoms with Gasteiger partial charge in [0.15, 0.2) is 0 Å². The highest BCUT2D eigenvalue weighted by atomic mass is 16.5. The molecule has 4 nitrogen and oxygen atoms in total. The van der Waals surface area contributed by atoms with E-state index in [1.807, 2.05) is 6.92 Å². The van der Waals surface area contributed by atoms with Crippen molar-refractivity contribution in [1.82, 2.24) is 10.2 Å².